The van der Waals surface area contributed by atoms with Gasteiger partial charge in [0.25, 0.3) is 5.91 Å². The third-order valence-electron chi connectivity index (χ3n) is 2.84. The number of amides is 1. The van der Waals surface area contributed by atoms with Gasteiger partial charge in [-0.05, 0) is 30.5 Å². The summed E-state index contributed by atoms with van der Waals surface area (Å²) in [6.45, 7) is 3.48. The number of nitrogens with zero attached hydrogens (tertiary/aromatic N) is 1. The van der Waals surface area contributed by atoms with E-state index < -0.39 is 0 Å². The van der Waals surface area contributed by atoms with Crippen LogP contribution < -0.4 is 5.32 Å². The summed E-state index contributed by atoms with van der Waals surface area (Å²) in [6, 6.07) is 11.7. The summed E-state index contributed by atoms with van der Waals surface area (Å²) >= 11 is 1.67. The maximum absolute atomic E-state index is 12.5. The van der Waals surface area contributed by atoms with E-state index in [-0.39, 0.29) is 5.91 Å². The van der Waals surface area contributed by atoms with Gasteiger partial charge in [-0.15, -0.1) is 11.3 Å². The fourth-order valence-corrected chi connectivity index (χ4v) is 2.69. The summed E-state index contributed by atoms with van der Waals surface area (Å²) in [7, 11) is 1.84. The van der Waals surface area contributed by atoms with E-state index in [1.165, 1.54) is 4.88 Å². The zero-order valence-electron chi connectivity index (χ0n) is 11.2. The fourth-order valence-electron chi connectivity index (χ4n) is 1.93. The Bertz CT molecular complexity index is 537. The molecule has 0 atom stereocenters. The number of carbonyl (C=O) groups excluding carboxylic acids is 1. The van der Waals surface area contributed by atoms with Crippen LogP contribution in [0.5, 0.6) is 0 Å². The van der Waals surface area contributed by atoms with Gasteiger partial charge in [-0.3, -0.25) is 4.79 Å². The Morgan fingerprint density at radius 2 is 2.05 bits per heavy atom. The molecule has 2 rings (SSSR count). The van der Waals surface area contributed by atoms with Gasteiger partial charge in [-0.25, -0.2) is 0 Å². The molecular weight excluding hydrogens is 256 g/mol. The van der Waals surface area contributed by atoms with Crippen molar-refractivity contribution in [2.45, 2.75) is 13.5 Å². The van der Waals surface area contributed by atoms with Crippen LogP contribution in [-0.2, 0) is 6.54 Å². The summed E-state index contributed by atoms with van der Waals surface area (Å²) in [5, 5.41) is 5.25. The minimum absolute atomic E-state index is 0.0463. The lowest BCUT2D eigenvalue weighted by molar-refractivity contribution is 0.0787. The summed E-state index contributed by atoms with van der Waals surface area (Å²) in [6.07, 6.45) is 0. The molecule has 2 aromatic rings. The van der Waals surface area contributed by atoms with Crippen molar-refractivity contribution >= 4 is 22.9 Å². The molecule has 0 bridgehead atoms. The third-order valence-corrected chi connectivity index (χ3v) is 3.71. The Balaban J connectivity index is 2.14. The standard InChI is InChI=1S/C15H18N2OS/c1-3-16-14-9-5-4-8-13(14)15(18)17(2)11-12-7-6-10-19-12/h4-10,16H,3,11H2,1-2H3. The number of hydrogen-bond donors (Lipinski definition) is 1. The molecule has 0 unspecified atom stereocenters. The van der Waals surface area contributed by atoms with Gasteiger partial charge in [-0.1, -0.05) is 18.2 Å². The van der Waals surface area contributed by atoms with Crippen LogP contribution in [0.3, 0.4) is 0 Å². The zero-order chi connectivity index (χ0) is 13.7. The number of hydrogen-bond acceptors (Lipinski definition) is 3. The van der Waals surface area contributed by atoms with Crippen molar-refractivity contribution in [1.82, 2.24) is 4.90 Å². The average molecular weight is 274 g/mol. The monoisotopic (exact) mass is 274 g/mol. The van der Waals surface area contributed by atoms with Crippen LogP contribution in [-0.4, -0.2) is 24.4 Å². The van der Waals surface area contributed by atoms with Crippen molar-refractivity contribution in [1.29, 1.82) is 0 Å². The Hall–Kier alpha value is -1.81. The van der Waals surface area contributed by atoms with Crippen LogP contribution in [0.25, 0.3) is 0 Å². The molecule has 1 heterocycles. The molecule has 0 fully saturated rings. The number of carbonyl (C=O) groups is 1. The molecule has 3 nitrogen and oxygen atoms in total. The molecule has 0 saturated carbocycles. The molecule has 1 aromatic heterocycles. The molecule has 0 aliphatic carbocycles. The Kier molecular flexibility index (Phi) is 4.58. The van der Waals surface area contributed by atoms with E-state index in [4.69, 9.17) is 0 Å². The van der Waals surface area contributed by atoms with E-state index in [1.807, 2.05) is 55.7 Å². The van der Waals surface area contributed by atoms with E-state index in [0.29, 0.717) is 6.54 Å². The molecule has 100 valence electrons. The smallest absolute Gasteiger partial charge is 0.256 e. The van der Waals surface area contributed by atoms with Crippen molar-refractivity contribution in [3.05, 3.63) is 52.2 Å². The van der Waals surface area contributed by atoms with Crippen LogP contribution in [0.15, 0.2) is 41.8 Å². The topological polar surface area (TPSA) is 32.3 Å². The molecule has 0 saturated heterocycles. The Morgan fingerprint density at radius 3 is 2.74 bits per heavy atom. The van der Waals surface area contributed by atoms with Gasteiger partial charge < -0.3 is 10.2 Å². The lowest BCUT2D eigenvalue weighted by atomic mass is 10.1. The van der Waals surface area contributed by atoms with E-state index in [1.54, 1.807) is 16.2 Å². The highest BCUT2D eigenvalue weighted by molar-refractivity contribution is 7.09. The second-order valence-corrected chi connectivity index (χ2v) is 5.35. The average Bonchev–Trinajstić information content (AvgIpc) is 2.92. The predicted octanol–water partition coefficient (Wildman–Crippen LogP) is 3.45. The van der Waals surface area contributed by atoms with Gasteiger partial charge in [0, 0.05) is 24.2 Å². The largest absolute Gasteiger partial charge is 0.385 e. The number of nitrogens with one attached hydrogen (secondary N) is 1. The first kappa shape index (κ1) is 13.6. The van der Waals surface area contributed by atoms with Crippen molar-refractivity contribution in [2.24, 2.45) is 0 Å². The zero-order valence-corrected chi connectivity index (χ0v) is 12.0. The molecule has 0 aliphatic rings. The van der Waals surface area contributed by atoms with Crippen molar-refractivity contribution in [2.75, 3.05) is 18.9 Å². The highest BCUT2D eigenvalue weighted by Gasteiger charge is 2.15. The van der Waals surface area contributed by atoms with Crippen LogP contribution in [0.2, 0.25) is 0 Å². The third kappa shape index (κ3) is 3.35. The molecule has 0 aliphatic heterocycles. The van der Waals surface area contributed by atoms with Gasteiger partial charge in [0.1, 0.15) is 0 Å². The predicted molar refractivity (Wildman–Crippen MR) is 80.7 cm³/mol. The Labute approximate surface area is 117 Å². The first-order valence-corrected chi connectivity index (χ1v) is 7.21. The molecule has 1 aromatic carbocycles. The number of benzene rings is 1. The first-order chi connectivity index (χ1) is 9.22. The lowest BCUT2D eigenvalue weighted by Crippen LogP contribution is -2.26. The van der Waals surface area contributed by atoms with Gasteiger partial charge in [0.2, 0.25) is 0 Å². The molecule has 0 spiro atoms. The maximum atomic E-state index is 12.5. The van der Waals surface area contributed by atoms with Crippen LogP contribution in [0.4, 0.5) is 5.69 Å². The van der Waals surface area contributed by atoms with Crippen LogP contribution >= 0.6 is 11.3 Å². The van der Waals surface area contributed by atoms with Gasteiger partial charge in [-0.2, -0.15) is 0 Å². The molecular formula is C15H18N2OS. The normalized spacial score (nSPS) is 10.2. The first-order valence-electron chi connectivity index (χ1n) is 6.33. The van der Waals surface area contributed by atoms with Gasteiger partial charge >= 0.3 is 0 Å². The van der Waals surface area contributed by atoms with Crippen molar-refractivity contribution in [3.8, 4) is 0 Å². The summed E-state index contributed by atoms with van der Waals surface area (Å²) in [5.41, 5.74) is 1.62. The molecule has 0 radical (unpaired) electrons. The summed E-state index contributed by atoms with van der Waals surface area (Å²) < 4.78 is 0. The second-order valence-electron chi connectivity index (χ2n) is 4.32. The van der Waals surface area contributed by atoms with E-state index in [2.05, 4.69) is 5.32 Å². The van der Waals surface area contributed by atoms with Crippen molar-refractivity contribution in [3.63, 3.8) is 0 Å². The van der Waals surface area contributed by atoms with E-state index in [0.717, 1.165) is 17.8 Å². The van der Waals surface area contributed by atoms with E-state index in [9.17, 15) is 4.79 Å². The van der Waals surface area contributed by atoms with Gasteiger partial charge in [0.15, 0.2) is 0 Å². The lowest BCUT2D eigenvalue weighted by Gasteiger charge is -2.18. The van der Waals surface area contributed by atoms with Crippen LogP contribution in [0, 0.1) is 0 Å². The van der Waals surface area contributed by atoms with Crippen LogP contribution in [0.1, 0.15) is 22.2 Å². The number of thiophene rings is 1. The summed E-state index contributed by atoms with van der Waals surface area (Å²) in [5.74, 6) is 0.0463. The van der Waals surface area contributed by atoms with Gasteiger partial charge in [0.05, 0.1) is 12.1 Å². The highest BCUT2D eigenvalue weighted by atomic mass is 32.1. The SMILES string of the molecule is CCNc1ccccc1C(=O)N(C)Cc1cccs1. The highest BCUT2D eigenvalue weighted by Crippen LogP contribution is 2.18. The minimum atomic E-state index is 0.0463. The maximum Gasteiger partial charge on any atom is 0.256 e. The number of anilines is 1. The number of para-hydroxylation sites is 1. The number of rotatable bonds is 5. The minimum Gasteiger partial charge on any atom is -0.385 e. The Morgan fingerprint density at radius 1 is 1.26 bits per heavy atom. The van der Waals surface area contributed by atoms with Crippen molar-refractivity contribution < 1.29 is 4.79 Å². The van der Waals surface area contributed by atoms with E-state index >= 15 is 0 Å². The summed E-state index contributed by atoms with van der Waals surface area (Å²) in [4.78, 5) is 15.4. The quantitative estimate of drug-likeness (QED) is 0.905. The molecule has 1 amide bonds. The molecule has 1 N–H and O–H groups in total. The molecule has 4 heteroatoms. The molecule has 19 heavy (non-hydrogen) atoms. The fraction of sp³-hybridized carbons (Fsp3) is 0.267. The second kappa shape index (κ2) is 6.38.